The van der Waals surface area contributed by atoms with E-state index in [0.29, 0.717) is 27.3 Å². The minimum Gasteiger partial charge on any atom is -0.478 e. The van der Waals surface area contributed by atoms with Crippen LogP contribution in [0.4, 0.5) is 0 Å². The summed E-state index contributed by atoms with van der Waals surface area (Å²) in [4.78, 5) is 27.0. The summed E-state index contributed by atoms with van der Waals surface area (Å²) >= 11 is 7.05. The van der Waals surface area contributed by atoms with Crippen LogP contribution in [0.3, 0.4) is 0 Å². The number of carboxylic acids is 2. The van der Waals surface area contributed by atoms with Crippen molar-refractivity contribution in [3.8, 4) is 11.3 Å². The van der Waals surface area contributed by atoms with Gasteiger partial charge in [-0.15, -0.1) is 5.10 Å². The van der Waals surface area contributed by atoms with Gasteiger partial charge in [0, 0.05) is 18.1 Å². The number of aromatic carboxylic acids is 1. The number of carbonyl (C=O) groups is 2. The molecule has 0 aliphatic carbocycles. The summed E-state index contributed by atoms with van der Waals surface area (Å²) in [5.41, 5.74) is 0.459. The molecule has 0 aliphatic rings. The first-order valence-electron chi connectivity index (χ1n) is 8.54. The molecule has 0 radical (unpaired) electrons. The summed E-state index contributed by atoms with van der Waals surface area (Å²) in [6.07, 6.45) is 2.96. The first-order valence-corrected chi connectivity index (χ1v) is 9.74. The van der Waals surface area contributed by atoms with E-state index in [9.17, 15) is 14.7 Å². The van der Waals surface area contributed by atoms with Crippen LogP contribution in [0, 0.1) is 0 Å². The summed E-state index contributed by atoms with van der Waals surface area (Å²) < 4.78 is 5.67. The number of aromatic amines is 1. The van der Waals surface area contributed by atoms with Gasteiger partial charge in [-0.3, -0.25) is 5.10 Å². The van der Waals surface area contributed by atoms with E-state index in [1.165, 1.54) is 24.3 Å². The molecule has 0 bridgehead atoms. The van der Waals surface area contributed by atoms with Crippen molar-refractivity contribution in [3.05, 3.63) is 57.4 Å². The number of nitrogens with zero attached hydrogens (tertiary/aromatic N) is 2. The summed E-state index contributed by atoms with van der Waals surface area (Å²) in [6, 6.07) is 7.42. The Hall–Kier alpha value is -3.04. The minimum absolute atomic E-state index is 0.0293. The molecule has 0 saturated heterocycles. The number of thioether (sulfide) groups is 1. The third-order valence-electron chi connectivity index (χ3n) is 3.79. The van der Waals surface area contributed by atoms with Crippen LogP contribution < -0.4 is 0 Å². The Balaban J connectivity index is 1.87. The zero-order chi connectivity index (χ0) is 21.0. The maximum atomic E-state index is 11.6. The van der Waals surface area contributed by atoms with E-state index in [2.05, 4.69) is 15.2 Å². The third-order valence-corrected chi connectivity index (χ3v) is 5.00. The maximum Gasteiger partial charge on any atom is 0.342 e. The lowest BCUT2D eigenvalue weighted by atomic mass is 10.1. The van der Waals surface area contributed by atoms with Gasteiger partial charge in [0.15, 0.2) is 0 Å². The molecule has 10 heteroatoms. The van der Waals surface area contributed by atoms with Gasteiger partial charge in [-0.25, -0.2) is 14.6 Å². The van der Waals surface area contributed by atoms with Crippen molar-refractivity contribution in [2.45, 2.75) is 24.9 Å². The van der Waals surface area contributed by atoms with Gasteiger partial charge in [0.25, 0.3) is 0 Å². The van der Waals surface area contributed by atoms with Crippen molar-refractivity contribution < 1.29 is 24.2 Å². The van der Waals surface area contributed by atoms with Crippen LogP contribution in [-0.2, 0) is 11.2 Å². The van der Waals surface area contributed by atoms with Gasteiger partial charge in [0.2, 0.25) is 5.16 Å². The zero-order valence-electron chi connectivity index (χ0n) is 15.2. The molecule has 29 heavy (non-hydrogen) atoms. The molecule has 3 aromatic rings. The quantitative estimate of drug-likeness (QED) is 0.347. The second-order valence-electron chi connectivity index (χ2n) is 5.93. The van der Waals surface area contributed by atoms with Gasteiger partial charge in [0.1, 0.15) is 22.3 Å². The molecule has 0 unspecified atom stereocenters. The molecule has 0 fully saturated rings. The van der Waals surface area contributed by atoms with E-state index in [1.54, 1.807) is 12.1 Å². The van der Waals surface area contributed by atoms with Gasteiger partial charge < -0.3 is 14.6 Å². The van der Waals surface area contributed by atoms with Crippen LogP contribution >= 0.6 is 23.4 Å². The molecule has 150 valence electrons. The lowest BCUT2D eigenvalue weighted by Gasteiger charge is -2.02. The predicted molar refractivity (Wildman–Crippen MR) is 108 cm³/mol. The fraction of sp³-hybridized carbons (Fsp3) is 0.158. The number of aliphatic carboxylic acids is 1. The predicted octanol–water partition coefficient (Wildman–Crippen LogP) is 4.59. The van der Waals surface area contributed by atoms with E-state index < -0.39 is 11.9 Å². The lowest BCUT2D eigenvalue weighted by molar-refractivity contribution is -0.131. The molecule has 0 saturated carbocycles. The lowest BCUT2D eigenvalue weighted by Crippen LogP contribution is -1.97. The Morgan fingerprint density at radius 3 is 2.76 bits per heavy atom. The molecule has 1 aromatic carbocycles. The molecule has 2 aromatic heterocycles. The molecule has 8 nitrogen and oxygen atoms in total. The number of hydrogen-bond acceptors (Lipinski definition) is 6. The van der Waals surface area contributed by atoms with Crippen molar-refractivity contribution in [2.24, 2.45) is 0 Å². The highest BCUT2D eigenvalue weighted by Crippen LogP contribution is 2.32. The van der Waals surface area contributed by atoms with Crippen LogP contribution in [0.15, 0.2) is 44.8 Å². The fourth-order valence-corrected chi connectivity index (χ4v) is 3.37. The van der Waals surface area contributed by atoms with Gasteiger partial charge >= 0.3 is 11.9 Å². The Morgan fingerprint density at radius 2 is 2.07 bits per heavy atom. The number of carboxylic acid groups (broad SMARTS) is 2. The van der Waals surface area contributed by atoms with Crippen LogP contribution in [-0.4, -0.2) is 37.3 Å². The highest BCUT2D eigenvalue weighted by Gasteiger charge is 2.16. The standard InChI is InChI=1S/C19H16ClN3O5S/c1-2-3-16-21-19(23-22-16)29-15(18(26)27)9-11-5-7-14(28-11)12-8-10(17(24)25)4-6-13(12)20/h4-9H,2-3H2,1H3,(H,24,25)(H,26,27)(H,21,22,23)/b15-9-. The minimum atomic E-state index is -1.15. The Morgan fingerprint density at radius 1 is 1.28 bits per heavy atom. The van der Waals surface area contributed by atoms with Crippen molar-refractivity contribution in [1.29, 1.82) is 0 Å². The number of halogens is 1. The Labute approximate surface area is 174 Å². The van der Waals surface area contributed by atoms with Gasteiger partial charge in [-0.2, -0.15) is 0 Å². The van der Waals surface area contributed by atoms with Gasteiger partial charge in [-0.05, 0) is 48.5 Å². The Bertz CT molecular complexity index is 1090. The van der Waals surface area contributed by atoms with Crippen LogP contribution in [0.25, 0.3) is 17.4 Å². The summed E-state index contributed by atoms with van der Waals surface area (Å²) in [5, 5.41) is 26.0. The first-order chi connectivity index (χ1) is 13.9. The highest BCUT2D eigenvalue weighted by molar-refractivity contribution is 8.04. The number of aromatic nitrogens is 3. The monoisotopic (exact) mass is 433 g/mol. The molecule has 3 N–H and O–H groups in total. The average Bonchev–Trinajstić information content (AvgIpc) is 3.31. The maximum absolute atomic E-state index is 11.6. The van der Waals surface area contributed by atoms with Crippen molar-refractivity contribution in [1.82, 2.24) is 15.2 Å². The van der Waals surface area contributed by atoms with Crippen LogP contribution in [0.1, 0.15) is 35.3 Å². The second kappa shape index (κ2) is 8.97. The molecule has 3 rings (SSSR count). The topological polar surface area (TPSA) is 129 Å². The highest BCUT2D eigenvalue weighted by atomic mass is 35.5. The van der Waals surface area contributed by atoms with E-state index in [1.807, 2.05) is 6.92 Å². The fourth-order valence-electron chi connectivity index (χ4n) is 2.46. The average molecular weight is 434 g/mol. The Kier molecular flexibility index (Phi) is 6.40. The van der Waals surface area contributed by atoms with E-state index in [4.69, 9.17) is 21.1 Å². The number of furan rings is 1. The number of rotatable bonds is 8. The molecule has 0 amide bonds. The second-order valence-corrected chi connectivity index (χ2v) is 7.35. The molecule has 0 aliphatic heterocycles. The number of H-pyrrole nitrogens is 1. The number of benzene rings is 1. The van der Waals surface area contributed by atoms with E-state index >= 15 is 0 Å². The molecule has 2 heterocycles. The smallest absolute Gasteiger partial charge is 0.342 e. The molecule has 0 atom stereocenters. The number of aryl methyl sites for hydroxylation is 1. The van der Waals surface area contributed by atoms with Gasteiger partial charge in [-0.1, -0.05) is 18.5 Å². The SMILES string of the molecule is CCCc1nc(S/C(=C\c2ccc(-c3cc(C(=O)O)ccc3Cl)o2)C(=O)O)n[nH]1. The summed E-state index contributed by atoms with van der Waals surface area (Å²) in [5.74, 6) is -0.963. The number of nitrogens with one attached hydrogen (secondary N) is 1. The van der Waals surface area contributed by atoms with Crippen molar-refractivity contribution >= 4 is 41.4 Å². The third kappa shape index (κ3) is 5.07. The van der Waals surface area contributed by atoms with Crippen molar-refractivity contribution in [2.75, 3.05) is 0 Å². The van der Waals surface area contributed by atoms with E-state index in [0.717, 1.165) is 24.6 Å². The summed E-state index contributed by atoms with van der Waals surface area (Å²) in [7, 11) is 0. The van der Waals surface area contributed by atoms with Crippen molar-refractivity contribution in [3.63, 3.8) is 0 Å². The first kappa shape index (κ1) is 20.7. The van der Waals surface area contributed by atoms with Gasteiger partial charge in [0.05, 0.1) is 10.6 Å². The van der Waals surface area contributed by atoms with Crippen LogP contribution in [0.5, 0.6) is 0 Å². The number of hydrogen-bond donors (Lipinski definition) is 3. The van der Waals surface area contributed by atoms with Crippen LogP contribution in [0.2, 0.25) is 5.02 Å². The van der Waals surface area contributed by atoms with E-state index in [-0.39, 0.29) is 16.2 Å². The molecular weight excluding hydrogens is 418 g/mol. The molecular formula is C19H16ClN3O5S. The summed E-state index contributed by atoms with van der Waals surface area (Å²) in [6.45, 7) is 2.00. The zero-order valence-corrected chi connectivity index (χ0v) is 16.8. The normalized spacial score (nSPS) is 11.6. The largest absolute Gasteiger partial charge is 0.478 e. The molecule has 0 spiro atoms.